The average molecular weight is 337 g/mol. The number of fused-ring (bicyclic) bond motifs is 1. The van der Waals surface area contributed by atoms with Crippen molar-refractivity contribution in [2.75, 3.05) is 11.5 Å². The second-order valence-electron chi connectivity index (χ2n) is 5.24. The van der Waals surface area contributed by atoms with Crippen LogP contribution in [-0.4, -0.2) is 4.98 Å². The maximum atomic E-state index is 12.7. The molecule has 3 aromatic carbocycles. The van der Waals surface area contributed by atoms with Crippen LogP contribution in [0, 0.1) is 5.82 Å². The van der Waals surface area contributed by atoms with E-state index in [0.29, 0.717) is 5.69 Å². The fraction of sp³-hybridized carbons (Fsp3) is 0. The molecule has 0 fully saturated rings. The summed E-state index contributed by atoms with van der Waals surface area (Å²) in [6.45, 7) is 0. The Kier molecular flexibility index (Phi) is 4.72. The van der Waals surface area contributed by atoms with Gasteiger partial charge in [-0.25, -0.2) is 4.39 Å². The highest BCUT2D eigenvalue weighted by atomic mass is 32.1. The number of benzene rings is 3. The molecule has 1 aromatic heterocycles. The van der Waals surface area contributed by atoms with E-state index in [4.69, 9.17) is 11.5 Å². The molecular formula is C19H16FN3S. The van der Waals surface area contributed by atoms with Crippen LogP contribution in [-0.2, 0) is 0 Å². The molecule has 4 rings (SSSR count). The molecule has 3 nitrogen and oxygen atoms in total. The van der Waals surface area contributed by atoms with Crippen LogP contribution in [0.25, 0.3) is 21.2 Å². The molecule has 5 heteroatoms. The summed E-state index contributed by atoms with van der Waals surface area (Å²) in [7, 11) is 0. The van der Waals surface area contributed by atoms with E-state index in [1.807, 2.05) is 48.1 Å². The summed E-state index contributed by atoms with van der Waals surface area (Å²) >= 11 is 1.63. The van der Waals surface area contributed by atoms with Crippen molar-refractivity contribution in [2.24, 2.45) is 0 Å². The Morgan fingerprint density at radius 2 is 1.46 bits per heavy atom. The van der Waals surface area contributed by atoms with Gasteiger partial charge < -0.3 is 11.5 Å². The SMILES string of the molecule is Nc1ccc(-c2cncs2)cc1.Nc1ccc2cc(F)ccc2c1. The van der Waals surface area contributed by atoms with Gasteiger partial charge in [0.2, 0.25) is 0 Å². The minimum Gasteiger partial charge on any atom is -0.399 e. The molecule has 0 bridgehead atoms. The molecule has 0 aliphatic carbocycles. The van der Waals surface area contributed by atoms with Gasteiger partial charge in [0.15, 0.2) is 0 Å². The second-order valence-corrected chi connectivity index (χ2v) is 6.12. The number of nitrogens with zero attached hydrogens (tertiary/aromatic N) is 1. The lowest BCUT2D eigenvalue weighted by atomic mass is 10.1. The van der Waals surface area contributed by atoms with E-state index in [0.717, 1.165) is 16.5 Å². The highest BCUT2D eigenvalue weighted by molar-refractivity contribution is 7.13. The van der Waals surface area contributed by atoms with Crippen LogP contribution in [0.3, 0.4) is 0 Å². The van der Waals surface area contributed by atoms with Gasteiger partial charge in [-0.05, 0) is 52.7 Å². The van der Waals surface area contributed by atoms with Crippen LogP contribution in [0.4, 0.5) is 15.8 Å². The summed E-state index contributed by atoms with van der Waals surface area (Å²) in [5, 5.41) is 1.85. The number of nitrogen functional groups attached to an aromatic ring is 2. The lowest BCUT2D eigenvalue weighted by Crippen LogP contribution is -1.83. The quantitative estimate of drug-likeness (QED) is 0.483. The largest absolute Gasteiger partial charge is 0.399 e. The van der Waals surface area contributed by atoms with Crippen molar-refractivity contribution in [3.8, 4) is 10.4 Å². The summed E-state index contributed by atoms with van der Waals surface area (Å²) in [5.74, 6) is -0.215. The highest BCUT2D eigenvalue weighted by Gasteiger charge is 1.97. The number of thiazole rings is 1. The molecule has 0 saturated carbocycles. The van der Waals surface area contributed by atoms with Crippen molar-refractivity contribution in [1.29, 1.82) is 0 Å². The van der Waals surface area contributed by atoms with Gasteiger partial charge in [0.1, 0.15) is 5.82 Å². The van der Waals surface area contributed by atoms with Gasteiger partial charge in [0, 0.05) is 17.6 Å². The maximum Gasteiger partial charge on any atom is 0.123 e. The van der Waals surface area contributed by atoms with Crippen molar-refractivity contribution >= 4 is 33.5 Å². The lowest BCUT2D eigenvalue weighted by Gasteiger charge is -1.98. The number of hydrogen-bond acceptors (Lipinski definition) is 4. The molecule has 24 heavy (non-hydrogen) atoms. The molecule has 1 heterocycles. The number of anilines is 2. The first-order valence-electron chi connectivity index (χ1n) is 7.31. The summed E-state index contributed by atoms with van der Waals surface area (Å²) in [5.41, 5.74) is 15.6. The molecule has 4 aromatic rings. The first kappa shape index (κ1) is 16.0. The summed E-state index contributed by atoms with van der Waals surface area (Å²) in [6, 6.07) is 17.9. The third kappa shape index (κ3) is 3.88. The van der Waals surface area contributed by atoms with Crippen molar-refractivity contribution in [1.82, 2.24) is 4.98 Å². The fourth-order valence-corrected chi connectivity index (χ4v) is 2.87. The zero-order chi connectivity index (χ0) is 16.9. The number of nitrogens with two attached hydrogens (primary N) is 2. The Bertz CT molecular complexity index is 893. The molecule has 4 N–H and O–H groups in total. The van der Waals surface area contributed by atoms with Gasteiger partial charge in [0.25, 0.3) is 0 Å². The van der Waals surface area contributed by atoms with Crippen molar-refractivity contribution in [3.05, 3.63) is 78.2 Å². The van der Waals surface area contributed by atoms with Gasteiger partial charge in [-0.2, -0.15) is 0 Å². The van der Waals surface area contributed by atoms with Gasteiger partial charge >= 0.3 is 0 Å². The number of hydrogen-bond donors (Lipinski definition) is 2. The molecule has 0 atom stereocenters. The van der Waals surface area contributed by atoms with E-state index in [-0.39, 0.29) is 5.82 Å². The Balaban J connectivity index is 0.000000141. The zero-order valence-corrected chi connectivity index (χ0v) is 13.6. The van der Waals surface area contributed by atoms with E-state index in [1.54, 1.807) is 23.5 Å². The van der Waals surface area contributed by atoms with Crippen LogP contribution in [0.1, 0.15) is 0 Å². The normalized spacial score (nSPS) is 10.2. The van der Waals surface area contributed by atoms with Crippen molar-refractivity contribution < 1.29 is 4.39 Å². The minimum atomic E-state index is -0.215. The molecule has 0 saturated heterocycles. The van der Waals surface area contributed by atoms with Crippen molar-refractivity contribution in [3.63, 3.8) is 0 Å². The Morgan fingerprint density at radius 3 is 2.17 bits per heavy atom. The number of halogens is 1. The lowest BCUT2D eigenvalue weighted by molar-refractivity contribution is 0.630. The van der Waals surface area contributed by atoms with Crippen LogP contribution >= 0.6 is 11.3 Å². The molecule has 120 valence electrons. The zero-order valence-electron chi connectivity index (χ0n) is 12.8. The molecule has 0 spiro atoms. The van der Waals surface area contributed by atoms with E-state index < -0.39 is 0 Å². The Hall–Kier alpha value is -2.92. The predicted molar refractivity (Wildman–Crippen MR) is 100 cm³/mol. The van der Waals surface area contributed by atoms with E-state index in [2.05, 4.69) is 4.98 Å². The second kappa shape index (κ2) is 7.10. The van der Waals surface area contributed by atoms with E-state index >= 15 is 0 Å². The van der Waals surface area contributed by atoms with E-state index in [1.165, 1.54) is 22.6 Å². The van der Waals surface area contributed by atoms with Crippen LogP contribution in [0.2, 0.25) is 0 Å². The standard InChI is InChI=1S/C10H8FN.C9H8N2S/c11-9-3-1-8-6-10(12)4-2-7(8)5-9;10-8-3-1-7(2-4-8)9-5-11-6-12-9/h1-6H,12H2;1-6H,10H2. The first-order valence-corrected chi connectivity index (χ1v) is 8.19. The minimum absolute atomic E-state index is 0.215. The molecule has 0 radical (unpaired) electrons. The number of aromatic nitrogens is 1. The number of rotatable bonds is 1. The third-order valence-electron chi connectivity index (χ3n) is 3.45. The molecular weight excluding hydrogens is 321 g/mol. The molecule has 0 amide bonds. The molecule has 0 unspecified atom stereocenters. The Morgan fingerprint density at radius 1 is 0.792 bits per heavy atom. The van der Waals surface area contributed by atoms with Gasteiger partial charge in [-0.15, -0.1) is 11.3 Å². The maximum absolute atomic E-state index is 12.7. The van der Waals surface area contributed by atoms with E-state index in [9.17, 15) is 4.39 Å². The topological polar surface area (TPSA) is 64.9 Å². The summed E-state index contributed by atoms with van der Waals surface area (Å²) in [4.78, 5) is 5.18. The summed E-state index contributed by atoms with van der Waals surface area (Å²) in [6.07, 6.45) is 1.86. The van der Waals surface area contributed by atoms with Crippen LogP contribution in [0.5, 0.6) is 0 Å². The van der Waals surface area contributed by atoms with Gasteiger partial charge in [-0.3, -0.25) is 4.98 Å². The monoisotopic (exact) mass is 337 g/mol. The first-order chi connectivity index (χ1) is 11.6. The molecule has 0 aliphatic heterocycles. The van der Waals surface area contributed by atoms with Crippen LogP contribution < -0.4 is 11.5 Å². The predicted octanol–water partition coefficient (Wildman–Crippen LogP) is 4.95. The Labute approximate surface area is 143 Å². The van der Waals surface area contributed by atoms with Crippen molar-refractivity contribution in [2.45, 2.75) is 0 Å². The van der Waals surface area contributed by atoms with Gasteiger partial charge in [-0.1, -0.05) is 24.3 Å². The summed E-state index contributed by atoms with van der Waals surface area (Å²) < 4.78 is 12.7. The highest BCUT2D eigenvalue weighted by Crippen LogP contribution is 2.23. The smallest absolute Gasteiger partial charge is 0.123 e. The van der Waals surface area contributed by atoms with Crippen LogP contribution in [0.15, 0.2) is 72.4 Å². The molecule has 0 aliphatic rings. The third-order valence-corrected chi connectivity index (χ3v) is 4.28. The fourth-order valence-electron chi connectivity index (χ4n) is 2.24. The van der Waals surface area contributed by atoms with Gasteiger partial charge in [0.05, 0.1) is 10.4 Å². The average Bonchev–Trinajstić information content (AvgIpc) is 3.11.